The summed E-state index contributed by atoms with van der Waals surface area (Å²) in [5, 5.41) is 1.43. The zero-order valence-electron chi connectivity index (χ0n) is 11.7. The monoisotopic (exact) mass is 329 g/mol. The van der Waals surface area contributed by atoms with Crippen LogP contribution in [0.25, 0.3) is 0 Å². The molecule has 1 amide bonds. The quantitative estimate of drug-likeness (QED) is 0.824. The van der Waals surface area contributed by atoms with Crippen LogP contribution in [0.3, 0.4) is 0 Å². The first-order chi connectivity index (χ1) is 10.1. The number of carbonyl (C=O) groups excluding carboxylic acids is 1. The molecule has 3 heterocycles. The van der Waals surface area contributed by atoms with Crippen LogP contribution in [-0.4, -0.2) is 51.3 Å². The van der Waals surface area contributed by atoms with Gasteiger partial charge < -0.3 is 9.64 Å². The van der Waals surface area contributed by atoms with E-state index in [1.54, 1.807) is 4.90 Å². The Morgan fingerprint density at radius 3 is 2.86 bits per heavy atom. The van der Waals surface area contributed by atoms with Gasteiger partial charge in [0.1, 0.15) is 0 Å². The first kappa shape index (κ1) is 15.0. The summed E-state index contributed by atoms with van der Waals surface area (Å²) in [5.74, 6) is 0.00930. The Labute approximate surface area is 128 Å². The van der Waals surface area contributed by atoms with E-state index in [1.165, 1.54) is 11.3 Å². The maximum Gasteiger partial charge on any atom is 0.228 e. The highest BCUT2D eigenvalue weighted by Crippen LogP contribution is 2.32. The highest BCUT2D eigenvalue weighted by Gasteiger charge is 2.35. The summed E-state index contributed by atoms with van der Waals surface area (Å²) in [5.41, 5.74) is 0. The third kappa shape index (κ3) is 3.14. The molecule has 3 rings (SSSR count). The zero-order valence-corrected chi connectivity index (χ0v) is 13.4. The van der Waals surface area contributed by atoms with Crippen molar-refractivity contribution in [3.8, 4) is 0 Å². The van der Waals surface area contributed by atoms with Crippen molar-refractivity contribution in [3.63, 3.8) is 0 Å². The number of nitrogens with zero attached hydrogens (tertiary/aromatic N) is 1. The third-order valence-corrected chi connectivity index (χ3v) is 7.43. The van der Waals surface area contributed by atoms with Gasteiger partial charge in [0.2, 0.25) is 5.91 Å². The summed E-state index contributed by atoms with van der Waals surface area (Å²) in [7, 11) is -3.19. The molecule has 5 nitrogen and oxygen atoms in total. The number of sulfone groups is 1. The Morgan fingerprint density at radius 2 is 2.19 bits per heavy atom. The lowest BCUT2D eigenvalue weighted by Gasteiger charge is -2.22. The Balaban J connectivity index is 1.74. The molecule has 0 aromatic carbocycles. The fourth-order valence-electron chi connectivity index (χ4n) is 2.95. The second kappa shape index (κ2) is 6.06. The van der Waals surface area contributed by atoms with Crippen molar-refractivity contribution in [3.05, 3.63) is 22.4 Å². The van der Waals surface area contributed by atoms with E-state index in [4.69, 9.17) is 4.74 Å². The predicted octanol–water partition coefficient (Wildman–Crippen LogP) is 1.47. The Bertz CT molecular complexity index is 591. The number of thiophene rings is 1. The van der Waals surface area contributed by atoms with Crippen LogP contribution < -0.4 is 0 Å². The number of rotatable bonds is 2. The molecule has 2 atom stereocenters. The molecule has 7 heteroatoms. The van der Waals surface area contributed by atoms with Gasteiger partial charge in [0.15, 0.2) is 9.84 Å². The lowest BCUT2D eigenvalue weighted by molar-refractivity contribution is -0.135. The molecule has 2 aliphatic rings. The van der Waals surface area contributed by atoms with E-state index in [0.717, 1.165) is 11.3 Å². The van der Waals surface area contributed by atoms with E-state index in [-0.39, 0.29) is 17.6 Å². The van der Waals surface area contributed by atoms with E-state index in [1.807, 2.05) is 17.5 Å². The summed E-state index contributed by atoms with van der Waals surface area (Å²) in [6.07, 6.45) is 1.23. The van der Waals surface area contributed by atoms with Crippen molar-refractivity contribution in [2.75, 3.05) is 32.1 Å². The standard InChI is InChI=1S/C14H19NO4S2/c16-14(11-4-7-19-10-11)15-5-3-13(12-2-1-8-20-12)21(17,18)9-6-15/h1-2,8,11,13H,3-7,9-10H2/t11-,13-/m1/s1. The number of carbonyl (C=O) groups is 1. The molecule has 0 radical (unpaired) electrons. The molecule has 0 aliphatic carbocycles. The maximum absolute atomic E-state index is 12.4. The van der Waals surface area contributed by atoms with Gasteiger partial charge in [-0.3, -0.25) is 4.79 Å². The van der Waals surface area contributed by atoms with Crippen LogP contribution in [0.5, 0.6) is 0 Å². The van der Waals surface area contributed by atoms with E-state index in [0.29, 0.717) is 32.7 Å². The van der Waals surface area contributed by atoms with E-state index < -0.39 is 15.1 Å². The molecule has 0 bridgehead atoms. The summed E-state index contributed by atoms with van der Waals surface area (Å²) in [6, 6.07) is 3.74. The minimum absolute atomic E-state index is 0.0505. The molecule has 21 heavy (non-hydrogen) atoms. The van der Waals surface area contributed by atoms with Gasteiger partial charge in [0.05, 0.1) is 23.5 Å². The van der Waals surface area contributed by atoms with Crippen LogP contribution in [0, 0.1) is 5.92 Å². The van der Waals surface area contributed by atoms with Crippen molar-refractivity contribution >= 4 is 27.1 Å². The molecule has 2 fully saturated rings. The average molecular weight is 329 g/mol. The summed E-state index contributed by atoms with van der Waals surface area (Å²) in [4.78, 5) is 15.0. The van der Waals surface area contributed by atoms with Crippen LogP contribution in [0.1, 0.15) is 23.0 Å². The molecular formula is C14H19NO4S2. The molecule has 116 valence electrons. The minimum atomic E-state index is -3.19. The molecule has 1 aromatic heterocycles. The average Bonchev–Trinajstić information content (AvgIpc) is 3.12. The number of hydrogen-bond donors (Lipinski definition) is 0. The number of amides is 1. The van der Waals surface area contributed by atoms with E-state index in [2.05, 4.69) is 0 Å². The smallest absolute Gasteiger partial charge is 0.228 e. The SMILES string of the molecule is O=C([C@@H]1CCOC1)N1CC[C@H](c2cccs2)S(=O)(=O)CC1. The first-order valence-corrected chi connectivity index (χ1v) is 9.79. The molecule has 1 aromatic rings. The molecule has 2 aliphatic heterocycles. The van der Waals surface area contributed by atoms with Gasteiger partial charge in [0, 0.05) is 24.6 Å². The largest absolute Gasteiger partial charge is 0.381 e. The van der Waals surface area contributed by atoms with Gasteiger partial charge in [-0.2, -0.15) is 0 Å². The molecule has 0 saturated carbocycles. The Morgan fingerprint density at radius 1 is 1.33 bits per heavy atom. The topological polar surface area (TPSA) is 63.7 Å². The number of hydrogen-bond acceptors (Lipinski definition) is 5. The Hall–Kier alpha value is -0.920. The van der Waals surface area contributed by atoms with Crippen LogP contribution in [0.15, 0.2) is 17.5 Å². The molecule has 0 unspecified atom stereocenters. The van der Waals surface area contributed by atoms with Gasteiger partial charge in [0.25, 0.3) is 0 Å². The van der Waals surface area contributed by atoms with Gasteiger partial charge >= 0.3 is 0 Å². The lowest BCUT2D eigenvalue weighted by atomic mass is 10.1. The van der Waals surface area contributed by atoms with Crippen molar-refractivity contribution in [1.29, 1.82) is 0 Å². The fraction of sp³-hybridized carbons (Fsp3) is 0.643. The van der Waals surface area contributed by atoms with Crippen LogP contribution >= 0.6 is 11.3 Å². The second-order valence-electron chi connectivity index (χ2n) is 5.55. The maximum atomic E-state index is 12.4. The van der Waals surface area contributed by atoms with Gasteiger partial charge in [-0.05, 0) is 24.3 Å². The van der Waals surface area contributed by atoms with E-state index >= 15 is 0 Å². The minimum Gasteiger partial charge on any atom is -0.381 e. The van der Waals surface area contributed by atoms with Crippen LogP contribution in [0.2, 0.25) is 0 Å². The number of ether oxygens (including phenoxy) is 1. The van der Waals surface area contributed by atoms with Crippen molar-refractivity contribution in [2.45, 2.75) is 18.1 Å². The van der Waals surface area contributed by atoms with Crippen LogP contribution in [0.4, 0.5) is 0 Å². The van der Waals surface area contributed by atoms with Crippen molar-refractivity contribution < 1.29 is 17.9 Å². The Kier molecular flexibility index (Phi) is 4.33. The second-order valence-corrected chi connectivity index (χ2v) is 8.83. The highest BCUT2D eigenvalue weighted by atomic mass is 32.2. The summed E-state index contributed by atoms with van der Waals surface area (Å²) >= 11 is 1.47. The molecule has 0 N–H and O–H groups in total. The zero-order chi connectivity index (χ0) is 14.9. The van der Waals surface area contributed by atoms with Gasteiger partial charge in [-0.25, -0.2) is 8.42 Å². The van der Waals surface area contributed by atoms with Crippen molar-refractivity contribution in [2.24, 2.45) is 5.92 Å². The molecular weight excluding hydrogens is 310 g/mol. The lowest BCUT2D eigenvalue weighted by Crippen LogP contribution is -2.38. The van der Waals surface area contributed by atoms with Gasteiger partial charge in [-0.1, -0.05) is 6.07 Å². The fourth-order valence-corrected chi connectivity index (χ4v) is 5.95. The van der Waals surface area contributed by atoms with E-state index in [9.17, 15) is 13.2 Å². The van der Waals surface area contributed by atoms with Crippen LogP contribution in [-0.2, 0) is 19.4 Å². The summed E-state index contributed by atoms with van der Waals surface area (Å²) in [6.45, 7) is 1.91. The summed E-state index contributed by atoms with van der Waals surface area (Å²) < 4.78 is 30.1. The highest BCUT2D eigenvalue weighted by molar-refractivity contribution is 7.91. The molecule has 0 spiro atoms. The predicted molar refractivity (Wildman–Crippen MR) is 81.0 cm³/mol. The normalized spacial score (nSPS) is 29.2. The first-order valence-electron chi connectivity index (χ1n) is 7.19. The molecule has 2 saturated heterocycles. The van der Waals surface area contributed by atoms with Crippen molar-refractivity contribution in [1.82, 2.24) is 4.90 Å². The third-order valence-electron chi connectivity index (χ3n) is 4.19. The van der Waals surface area contributed by atoms with Gasteiger partial charge in [-0.15, -0.1) is 11.3 Å².